The van der Waals surface area contributed by atoms with Crippen molar-refractivity contribution in [2.45, 2.75) is 19.0 Å². The summed E-state index contributed by atoms with van der Waals surface area (Å²) in [4.78, 5) is 16.9. The van der Waals surface area contributed by atoms with Gasteiger partial charge in [0.2, 0.25) is 5.91 Å². The van der Waals surface area contributed by atoms with Crippen LogP contribution in [-0.4, -0.2) is 71.3 Å². The molecule has 0 unspecified atom stereocenters. The summed E-state index contributed by atoms with van der Waals surface area (Å²) in [6.07, 6.45) is 2.43. The highest BCUT2D eigenvalue weighted by atomic mass is 16.5. The fourth-order valence-electron chi connectivity index (χ4n) is 3.60. The Morgan fingerprint density at radius 3 is 2.96 bits per heavy atom. The van der Waals surface area contributed by atoms with Gasteiger partial charge in [0.05, 0.1) is 31.0 Å². The van der Waals surface area contributed by atoms with Crippen molar-refractivity contribution < 1.29 is 9.53 Å². The van der Waals surface area contributed by atoms with Crippen molar-refractivity contribution in [1.82, 2.24) is 20.0 Å². The fraction of sp³-hybridized carbons (Fsp3) is 0.529. The van der Waals surface area contributed by atoms with Gasteiger partial charge in [0.25, 0.3) is 0 Å². The molecule has 0 aliphatic carbocycles. The largest absolute Gasteiger partial charge is 0.379 e. The van der Waals surface area contributed by atoms with Gasteiger partial charge in [-0.25, -0.2) is 0 Å². The molecule has 1 fully saturated rings. The Kier molecular flexibility index (Phi) is 4.22. The maximum Gasteiger partial charge on any atom is 0.240 e. The summed E-state index contributed by atoms with van der Waals surface area (Å²) < 4.78 is 5.38. The second-order valence-corrected chi connectivity index (χ2v) is 6.56. The molecular formula is C17H23N5O2. The molecule has 2 aliphatic heterocycles. The van der Waals surface area contributed by atoms with Gasteiger partial charge in [0.1, 0.15) is 0 Å². The molecule has 1 amide bonds. The average Bonchev–Trinajstić information content (AvgIpc) is 3.04. The summed E-state index contributed by atoms with van der Waals surface area (Å²) in [7, 11) is 0. The van der Waals surface area contributed by atoms with E-state index >= 15 is 0 Å². The van der Waals surface area contributed by atoms with E-state index in [2.05, 4.69) is 21.2 Å². The Hall–Kier alpha value is -1.96. The molecule has 2 aromatic rings. The zero-order valence-corrected chi connectivity index (χ0v) is 13.7. The molecule has 1 aromatic heterocycles. The summed E-state index contributed by atoms with van der Waals surface area (Å²) >= 11 is 0. The normalized spacial score (nSPS) is 22.6. The highest BCUT2D eigenvalue weighted by molar-refractivity contribution is 5.87. The number of benzene rings is 1. The fourth-order valence-corrected chi connectivity index (χ4v) is 3.60. The zero-order chi connectivity index (χ0) is 16.5. The minimum Gasteiger partial charge on any atom is -0.379 e. The molecule has 3 N–H and O–H groups in total. The summed E-state index contributed by atoms with van der Waals surface area (Å²) in [6.45, 7) is 5.55. The Morgan fingerprint density at radius 2 is 2.12 bits per heavy atom. The lowest BCUT2D eigenvalue weighted by molar-refractivity contribution is -0.133. The van der Waals surface area contributed by atoms with Crippen LogP contribution in [0.2, 0.25) is 0 Å². The maximum atomic E-state index is 12.7. The SMILES string of the molecule is N[C@@H]1Cc2ccc3[nH]ncc3c2CN(CCN2CCOCC2)C1=O. The lowest BCUT2D eigenvalue weighted by atomic mass is 9.99. The first-order chi connectivity index (χ1) is 11.7. The Bertz CT molecular complexity index is 738. The third-order valence-electron chi connectivity index (χ3n) is 5.04. The zero-order valence-electron chi connectivity index (χ0n) is 13.7. The van der Waals surface area contributed by atoms with Crippen molar-refractivity contribution in [2.24, 2.45) is 5.73 Å². The molecule has 0 saturated carbocycles. The van der Waals surface area contributed by atoms with Crippen LogP contribution < -0.4 is 5.73 Å². The first kappa shape index (κ1) is 15.6. The van der Waals surface area contributed by atoms with Crippen LogP contribution in [0.4, 0.5) is 0 Å². The van der Waals surface area contributed by atoms with Crippen LogP contribution in [0.3, 0.4) is 0 Å². The molecule has 4 rings (SSSR count). The van der Waals surface area contributed by atoms with Gasteiger partial charge in [-0.2, -0.15) is 5.10 Å². The number of nitrogens with two attached hydrogens (primary N) is 1. The van der Waals surface area contributed by atoms with Gasteiger partial charge in [-0.05, 0) is 23.6 Å². The summed E-state index contributed by atoms with van der Waals surface area (Å²) in [5.74, 6) is 0.0381. The highest BCUT2D eigenvalue weighted by Crippen LogP contribution is 2.26. The molecule has 7 nitrogen and oxygen atoms in total. The first-order valence-electron chi connectivity index (χ1n) is 8.50. The van der Waals surface area contributed by atoms with Crippen LogP contribution in [0.25, 0.3) is 10.9 Å². The van der Waals surface area contributed by atoms with E-state index in [1.807, 2.05) is 17.2 Å². The molecule has 0 radical (unpaired) electrons. The topological polar surface area (TPSA) is 87.5 Å². The van der Waals surface area contributed by atoms with Crippen LogP contribution in [0.1, 0.15) is 11.1 Å². The van der Waals surface area contributed by atoms with E-state index in [0.29, 0.717) is 19.5 Å². The minimum absolute atomic E-state index is 0.0381. The molecule has 0 bridgehead atoms. The van der Waals surface area contributed by atoms with E-state index in [9.17, 15) is 4.79 Å². The predicted molar refractivity (Wildman–Crippen MR) is 90.4 cm³/mol. The van der Waals surface area contributed by atoms with E-state index in [0.717, 1.165) is 49.3 Å². The number of aromatic nitrogens is 2. The number of fused-ring (bicyclic) bond motifs is 3. The third kappa shape index (κ3) is 2.90. The van der Waals surface area contributed by atoms with E-state index in [1.54, 1.807) is 0 Å². The monoisotopic (exact) mass is 329 g/mol. The van der Waals surface area contributed by atoms with Crippen molar-refractivity contribution >= 4 is 16.8 Å². The lowest BCUT2D eigenvalue weighted by Crippen LogP contribution is -2.47. The number of ether oxygens (including phenoxy) is 1. The smallest absolute Gasteiger partial charge is 0.240 e. The van der Waals surface area contributed by atoms with Gasteiger partial charge < -0.3 is 15.4 Å². The predicted octanol–water partition coefficient (Wildman–Crippen LogP) is 0.107. The summed E-state index contributed by atoms with van der Waals surface area (Å²) in [6, 6.07) is 3.61. The standard InChI is InChI=1S/C17H23N5O2/c18-15-9-12-1-2-16-13(10-19-20-16)14(12)11-22(17(15)23)4-3-21-5-7-24-8-6-21/h1-2,10,15H,3-9,11,18H2,(H,19,20)/t15-/m1/s1. The Balaban J connectivity index is 1.57. The number of amides is 1. The van der Waals surface area contributed by atoms with Crippen LogP contribution in [0, 0.1) is 0 Å². The molecule has 1 atom stereocenters. The summed E-state index contributed by atoms with van der Waals surface area (Å²) in [5.41, 5.74) is 9.49. The van der Waals surface area contributed by atoms with Gasteiger partial charge in [0, 0.05) is 38.1 Å². The second kappa shape index (κ2) is 6.51. The lowest BCUT2D eigenvalue weighted by Gasteiger charge is -2.30. The van der Waals surface area contributed by atoms with Gasteiger partial charge in [-0.15, -0.1) is 0 Å². The van der Waals surface area contributed by atoms with Crippen molar-refractivity contribution in [2.75, 3.05) is 39.4 Å². The average molecular weight is 329 g/mol. The number of aromatic amines is 1. The first-order valence-corrected chi connectivity index (χ1v) is 8.50. The van der Waals surface area contributed by atoms with Crippen LogP contribution in [0.5, 0.6) is 0 Å². The quantitative estimate of drug-likeness (QED) is 0.834. The summed E-state index contributed by atoms with van der Waals surface area (Å²) in [5, 5.41) is 8.23. The molecule has 3 heterocycles. The molecule has 0 spiro atoms. The molecule has 1 aromatic carbocycles. The maximum absolute atomic E-state index is 12.7. The number of H-pyrrole nitrogens is 1. The van der Waals surface area contributed by atoms with Crippen LogP contribution in [0.15, 0.2) is 18.3 Å². The number of hydrogen-bond acceptors (Lipinski definition) is 5. The number of rotatable bonds is 3. The molecule has 2 aliphatic rings. The molecule has 7 heteroatoms. The van der Waals surface area contributed by atoms with Gasteiger partial charge in [-0.1, -0.05) is 6.07 Å². The number of nitrogens with one attached hydrogen (secondary N) is 1. The molecule has 1 saturated heterocycles. The van der Waals surface area contributed by atoms with Crippen LogP contribution in [-0.2, 0) is 22.5 Å². The number of nitrogens with zero attached hydrogens (tertiary/aromatic N) is 3. The number of carbonyl (C=O) groups excluding carboxylic acids is 1. The van der Waals surface area contributed by atoms with E-state index in [4.69, 9.17) is 10.5 Å². The van der Waals surface area contributed by atoms with Crippen molar-refractivity contribution in [3.8, 4) is 0 Å². The van der Waals surface area contributed by atoms with Gasteiger partial charge in [0.15, 0.2) is 0 Å². The Morgan fingerprint density at radius 1 is 1.29 bits per heavy atom. The third-order valence-corrected chi connectivity index (χ3v) is 5.04. The van der Waals surface area contributed by atoms with E-state index in [1.165, 1.54) is 5.56 Å². The molecule has 128 valence electrons. The molecule has 24 heavy (non-hydrogen) atoms. The van der Waals surface area contributed by atoms with Crippen molar-refractivity contribution in [3.05, 3.63) is 29.5 Å². The minimum atomic E-state index is -0.472. The Labute approximate surface area is 140 Å². The number of morpholine rings is 1. The van der Waals surface area contributed by atoms with Crippen molar-refractivity contribution in [1.29, 1.82) is 0 Å². The second-order valence-electron chi connectivity index (χ2n) is 6.56. The van der Waals surface area contributed by atoms with Crippen LogP contribution >= 0.6 is 0 Å². The van der Waals surface area contributed by atoms with Crippen molar-refractivity contribution in [3.63, 3.8) is 0 Å². The number of carbonyl (C=O) groups is 1. The molecular weight excluding hydrogens is 306 g/mol. The number of hydrogen-bond donors (Lipinski definition) is 2. The highest BCUT2D eigenvalue weighted by Gasteiger charge is 2.28. The van der Waals surface area contributed by atoms with Gasteiger partial charge in [-0.3, -0.25) is 14.8 Å². The van der Waals surface area contributed by atoms with E-state index in [-0.39, 0.29) is 5.91 Å². The van der Waals surface area contributed by atoms with Gasteiger partial charge >= 0.3 is 0 Å². The van der Waals surface area contributed by atoms with E-state index < -0.39 is 6.04 Å².